The number of benzene rings is 2. The number of aromatic nitrogens is 2. The second-order valence-corrected chi connectivity index (χ2v) is 9.17. The van der Waals surface area contributed by atoms with Gasteiger partial charge in [0.2, 0.25) is 0 Å². The van der Waals surface area contributed by atoms with Gasteiger partial charge in [-0.25, -0.2) is 9.78 Å². The number of hydrogen-bond donors (Lipinski definition) is 1. The molecule has 0 saturated heterocycles. The van der Waals surface area contributed by atoms with Crippen molar-refractivity contribution in [2.45, 2.75) is 32.7 Å². The van der Waals surface area contributed by atoms with Crippen LogP contribution in [0.4, 0.5) is 0 Å². The molecule has 2 aromatic carbocycles. The number of carbonyl (C=O) groups excluding carboxylic acids is 1. The van der Waals surface area contributed by atoms with Gasteiger partial charge in [-0.3, -0.25) is 4.79 Å². The normalized spacial score (nSPS) is 13.8. The summed E-state index contributed by atoms with van der Waals surface area (Å²) in [5.74, 6) is -0.932. The van der Waals surface area contributed by atoms with Crippen molar-refractivity contribution < 1.29 is 14.7 Å². The third-order valence-electron chi connectivity index (χ3n) is 6.31. The summed E-state index contributed by atoms with van der Waals surface area (Å²) >= 11 is 6.54. The fraction of sp³-hybridized carbons (Fsp3) is 0.179. The number of nitrogens with zero attached hydrogens (tertiary/aromatic N) is 2. The Morgan fingerprint density at radius 1 is 1.18 bits per heavy atom. The number of rotatable bonds is 5. The third-order valence-corrected chi connectivity index (χ3v) is 6.63. The second kappa shape index (κ2) is 8.58. The Morgan fingerprint density at radius 2 is 1.97 bits per heavy atom. The Kier molecular flexibility index (Phi) is 5.58. The van der Waals surface area contributed by atoms with Crippen molar-refractivity contribution in [3.05, 3.63) is 94.3 Å². The minimum Gasteiger partial charge on any atom is -0.477 e. The number of allylic oxidation sites excluding steroid dienone is 4. The first-order chi connectivity index (χ1) is 16.3. The SMILES string of the molecule is CC(C)c1ccc2c(c1)c(C1=CC=CCC1=O)c(C(=O)O)n2Cc1cc2ccccc2nc1Cl. The maximum Gasteiger partial charge on any atom is 0.353 e. The number of carbonyl (C=O) groups is 2. The molecule has 1 aliphatic carbocycles. The summed E-state index contributed by atoms with van der Waals surface area (Å²) in [5, 5.41) is 12.3. The van der Waals surface area contributed by atoms with Crippen LogP contribution in [-0.2, 0) is 11.3 Å². The Hall–Kier alpha value is -3.70. The Labute approximate surface area is 202 Å². The van der Waals surface area contributed by atoms with Gasteiger partial charge in [0.25, 0.3) is 0 Å². The molecule has 6 heteroatoms. The number of fused-ring (bicyclic) bond motifs is 2. The van der Waals surface area contributed by atoms with E-state index in [1.807, 2.05) is 54.6 Å². The van der Waals surface area contributed by atoms with Gasteiger partial charge < -0.3 is 9.67 Å². The average Bonchev–Trinajstić information content (AvgIpc) is 3.13. The molecule has 0 fully saturated rings. The van der Waals surface area contributed by atoms with Crippen molar-refractivity contribution in [3.63, 3.8) is 0 Å². The summed E-state index contributed by atoms with van der Waals surface area (Å²) in [4.78, 5) is 30.0. The quantitative estimate of drug-likeness (QED) is 0.332. The topological polar surface area (TPSA) is 72.2 Å². The average molecular weight is 471 g/mol. The molecule has 5 rings (SSSR count). The van der Waals surface area contributed by atoms with Crippen LogP contribution in [0.1, 0.15) is 53.4 Å². The van der Waals surface area contributed by atoms with Crippen molar-refractivity contribution in [1.29, 1.82) is 0 Å². The highest BCUT2D eigenvalue weighted by molar-refractivity contribution is 6.30. The van der Waals surface area contributed by atoms with Crippen LogP contribution in [0.5, 0.6) is 0 Å². The summed E-state index contributed by atoms with van der Waals surface area (Å²) in [5.41, 5.74) is 4.27. The van der Waals surface area contributed by atoms with E-state index in [4.69, 9.17) is 11.6 Å². The predicted octanol–water partition coefficient (Wildman–Crippen LogP) is 6.63. The van der Waals surface area contributed by atoms with Gasteiger partial charge in [0.15, 0.2) is 5.78 Å². The van der Waals surface area contributed by atoms with Crippen molar-refractivity contribution in [3.8, 4) is 0 Å². The van der Waals surface area contributed by atoms with Gasteiger partial charge in [-0.2, -0.15) is 0 Å². The first-order valence-electron chi connectivity index (χ1n) is 11.2. The Bertz CT molecular complexity index is 1540. The molecular formula is C28H23ClN2O3. The summed E-state index contributed by atoms with van der Waals surface area (Å²) in [6.07, 6.45) is 5.55. The van der Waals surface area contributed by atoms with Crippen molar-refractivity contribution in [1.82, 2.24) is 9.55 Å². The smallest absolute Gasteiger partial charge is 0.353 e. The van der Waals surface area contributed by atoms with Crippen LogP contribution in [0.2, 0.25) is 5.15 Å². The lowest BCUT2D eigenvalue weighted by molar-refractivity contribution is -0.113. The molecule has 0 aliphatic heterocycles. The van der Waals surface area contributed by atoms with Crippen LogP contribution in [0.25, 0.3) is 27.4 Å². The van der Waals surface area contributed by atoms with Crippen LogP contribution in [0.15, 0.2) is 66.8 Å². The minimum atomic E-state index is -1.09. The maximum absolute atomic E-state index is 12.8. The van der Waals surface area contributed by atoms with Crippen LogP contribution < -0.4 is 0 Å². The highest BCUT2D eigenvalue weighted by Crippen LogP contribution is 2.37. The van der Waals surface area contributed by atoms with E-state index in [1.165, 1.54) is 0 Å². The number of pyridine rings is 1. The van der Waals surface area contributed by atoms with E-state index in [9.17, 15) is 14.7 Å². The first-order valence-corrected chi connectivity index (χ1v) is 11.6. The van der Waals surface area contributed by atoms with Crippen LogP contribution in [0, 0.1) is 0 Å². The molecule has 0 radical (unpaired) electrons. The summed E-state index contributed by atoms with van der Waals surface area (Å²) in [6, 6.07) is 15.6. The number of carboxylic acid groups (broad SMARTS) is 1. The molecule has 0 amide bonds. The van der Waals surface area contributed by atoms with E-state index in [0.717, 1.165) is 27.4 Å². The number of Topliss-reactive ketones (excluding diaryl/α,β-unsaturated/α-hetero) is 1. The van der Waals surface area contributed by atoms with Gasteiger partial charge in [0.05, 0.1) is 12.1 Å². The molecule has 1 aliphatic rings. The number of carboxylic acids is 1. The molecule has 0 spiro atoms. The van der Waals surface area contributed by atoms with E-state index in [0.29, 0.717) is 21.9 Å². The zero-order valence-corrected chi connectivity index (χ0v) is 19.6. The van der Waals surface area contributed by atoms with E-state index >= 15 is 0 Å². The monoisotopic (exact) mass is 470 g/mol. The van der Waals surface area contributed by atoms with Crippen LogP contribution in [-0.4, -0.2) is 26.4 Å². The summed E-state index contributed by atoms with van der Waals surface area (Å²) in [6.45, 7) is 4.39. The largest absolute Gasteiger partial charge is 0.477 e. The number of para-hydroxylation sites is 1. The van der Waals surface area contributed by atoms with E-state index in [1.54, 1.807) is 16.7 Å². The first kappa shape index (κ1) is 22.1. The molecule has 2 heterocycles. The molecule has 2 aromatic heterocycles. The zero-order chi connectivity index (χ0) is 24.0. The van der Waals surface area contributed by atoms with Crippen LogP contribution in [0.3, 0.4) is 0 Å². The van der Waals surface area contributed by atoms with Gasteiger partial charge in [-0.05, 0) is 35.7 Å². The number of aromatic carboxylic acids is 1. The molecule has 0 atom stereocenters. The molecule has 34 heavy (non-hydrogen) atoms. The molecular weight excluding hydrogens is 448 g/mol. The summed E-state index contributed by atoms with van der Waals surface area (Å²) < 4.78 is 1.74. The van der Waals surface area contributed by atoms with E-state index in [2.05, 4.69) is 18.8 Å². The van der Waals surface area contributed by atoms with Gasteiger partial charge in [0.1, 0.15) is 10.8 Å². The fourth-order valence-electron chi connectivity index (χ4n) is 4.57. The van der Waals surface area contributed by atoms with E-state index in [-0.39, 0.29) is 30.4 Å². The molecule has 0 unspecified atom stereocenters. The van der Waals surface area contributed by atoms with Crippen molar-refractivity contribution in [2.75, 3.05) is 0 Å². The molecule has 1 N–H and O–H groups in total. The Balaban J connectivity index is 1.80. The number of hydrogen-bond acceptors (Lipinski definition) is 3. The molecule has 0 saturated carbocycles. The highest BCUT2D eigenvalue weighted by Gasteiger charge is 2.28. The highest BCUT2D eigenvalue weighted by atomic mass is 35.5. The predicted molar refractivity (Wildman–Crippen MR) is 136 cm³/mol. The van der Waals surface area contributed by atoms with E-state index < -0.39 is 5.97 Å². The zero-order valence-electron chi connectivity index (χ0n) is 18.9. The molecule has 0 bridgehead atoms. The maximum atomic E-state index is 12.8. The molecule has 4 aromatic rings. The number of ketones is 1. The standard InChI is InChI=1S/C28H23ClN2O3/c1-16(2)17-11-12-23-21(14-17)25(20-8-4-6-10-24(20)32)26(28(33)34)31(23)15-19-13-18-7-3-5-9-22(18)30-27(19)29/h3-9,11-14,16H,10,15H2,1-2H3,(H,33,34). The summed E-state index contributed by atoms with van der Waals surface area (Å²) in [7, 11) is 0. The van der Waals surface area contributed by atoms with Crippen LogP contribution >= 0.6 is 11.6 Å². The van der Waals surface area contributed by atoms with Crippen molar-refractivity contribution in [2.24, 2.45) is 0 Å². The third kappa shape index (κ3) is 3.72. The molecule has 5 nitrogen and oxygen atoms in total. The van der Waals surface area contributed by atoms with Gasteiger partial charge in [-0.1, -0.05) is 67.9 Å². The van der Waals surface area contributed by atoms with Gasteiger partial charge >= 0.3 is 5.97 Å². The lowest BCUT2D eigenvalue weighted by Gasteiger charge is -2.12. The van der Waals surface area contributed by atoms with Gasteiger partial charge in [0, 0.05) is 39.4 Å². The van der Waals surface area contributed by atoms with Gasteiger partial charge in [-0.15, -0.1) is 0 Å². The molecule has 170 valence electrons. The lowest BCUT2D eigenvalue weighted by Crippen LogP contribution is -2.14. The fourth-order valence-corrected chi connectivity index (χ4v) is 4.78. The second-order valence-electron chi connectivity index (χ2n) is 8.81. The Morgan fingerprint density at radius 3 is 2.71 bits per heavy atom. The number of halogens is 1. The van der Waals surface area contributed by atoms with Crippen molar-refractivity contribution >= 4 is 50.7 Å². The minimum absolute atomic E-state index is 0.0787. The lowest BCUT2D eigenvalue weighted by atomic mass is 9.92.